The van der Waals surface area contributed by atoms with E-state index in [9.17, 15) is 18.5 Å². The Labute approximate surface area is 174 Å². The molecule has 1 heterocycles. The molecule has 2 rings (SSSR count). The number of nitrogens with one attached hydrogen (secondary N) is 1. The van der Waals surface area contributed by atoms with Gasteiger partial charge in [-0.05, 0) is 63.7 Å². The third-order valence-electron chi connectivity index (χ3n) is 5.28. The molecule has 1 aliphatic heterocycles. The van der Waals surface area contributed by atoms with Crippen LogP contribution >= 0.6 is 12.4 Å². The van der Waals surface area contributed by atoms with Crippen molar-refractivity contribution in [2.24, 2.45) is 5.92 Å². The zero-order valence-corrected chi connectivity index (χ0v) is 18.5. The molecule has 2 unspecified atom stereocenters. The van der Waals surface area contributed by atoms with Crippen LogP contribution in [0.5, 0.6) is 0 Å². The summed E-state index contributed by atoms with van der Waals surface area (Å²) in [5.41, 5.74) is 1.05. The SMILES string of the molecule is CCCN(C(C)Cc1ccc([N+](=O)[O-])cc1)C(C1CCNCC1)S(C)(=O)=O.Cl. The molecule has 9 heteroatoms. The lowest BCUT2D eigenvalue weighted by molar-refractivity contribution is -0.384. The van der Waals surface area contributed by atoms with Crippen LogP contribution in [-0.2, 0) is 16.3 Å². The maximum atomic E-state index is 12.7. The largest absolute Gasteiger partial charge is 0.317 e. The molecule has 1 aliphatic rings. The van der Waals surface area contributed by atoms with Crippen molar-refractivity contribution in [1.29, 1.82) is 0 Å². The second-order valence-corrected chi connectivity index (χ2v) is 9.66. The van der Waals surface area contributed by atoms with Crippen LogP contribution in [0.3, 0.4) is 0 Å². The first-order valence-electron chi connectivity index (χ1n) is 9.62. The van der Waals surface area contributed by atoms with Crippen LogP contribution in [0, 0.1) is 16.0 Å². The van der Waals surface area contributed by atoms with Gasteiger partial charge in [-0.25, -0.2) is 8.42 Å². The maximum Gasteiger partial charge on any atom is 0.269 e. The molecule has 1 aromatic rings. The van der Waals surface area contributed by atoms with Gasteiger partial charge in [0, 0.05) is 24.4 Å². The number of benzene rings is 1. The summed E-state index contributed by atoms with van der Waals surface area (Å²) in [7, 11) is -3.23. The zero-order chi connectivity index (χ0) is 20.0. The average Bonchev–Trinajstić information content (AvgIpc) is 2.61. The number of nitrogens with zero attached hydrogens (tertiary/aromatic N) is 2. The number of non-ortho nitro benzene ring substituents is 1. The standard InChI is InChI=1S/C19H31N3O4S.ClH/c1-4-13-21(19(27(3,25)26)17-9-11-20-12-10-17)15(2)14-16-5-7-18(8-6-16)22(23)24;/h5-8,15,17,19-20H,4,9-14H2,1-3H3;1H. The lowest BCUT2D eigenvalue weighted by Crippen LogP contribution is -2.52. The first-order chi connectivity index (χ1) is 12.7. The Morgan fingerprint density at radius 1 is 1.25 bits per heavy atom. The molecule has 0 aromatic heterocycles. The summed E-state index contributed by atoms with van der Waals surface area (Å²) >= 11 is 0. The van der Waals surface area contributed by atoms with E-state index in [4.69, 9.17) is 0 Å². The van der Waals surface area contributed by atoms with Crippen LogP contribution in [0.25, 0.3) is 0 Å². The fourth-order valence-electron chi connectivity index (χ4n) is 4.06. The van der Waals surface area contributed by atoms with Gasteiger partial charge in [0.15, 0.2) is 9.84 Å². The number of nitro groups is 1. The molecule has 1 N–H and O–H groups in total. The molecule has 2 atom stereocenters. The molecule has 0 aliphatic carbocycles. The predicted molar refractivity (Wildman–Crippen MR) is 115 cm³/mol. The van der Waals surface area contributed by atoms with Gasteiger partial charge in [-0.1, -0.05) is 19.1 Å². The number of rotatable bonds is 9. The van der Waals surface area contributed by atoms with E-state index < -0.39 is 20.1 Å². The zero-order valence-electron chi connectivity index (χ0n) is 16.8. The Balaban J connectivity index is 0.00000392. The van der Waals surface area contributed by atoms with Crippen molar-refractivity contribution in [3.63, 3.8) is 0 Å². The van der Waals surface area contributed by atoms with Crippen LogP contribution < -0.4 is 5.32 Å². The van der Waals surface area contributed by atoms with Crippen LogP contribution in [-0.4, -0.2) is 55.5 Å². The fourth-order valence-corrected chi connectivity index (χ4v) is 5.84. The molecule has 1 fully saturated rings. The van der Waals surface area contributed by atoms with Gasteiger partial charge in [0.25, 0.3) is 5.69 Å². The highest BCUT2D eigenvalue weighted by Gasteiger charge is 2.37. The van der Waals surface area contributed by atoms with Crippen LogP contribution in [0.15, 0.2) is 24.3 Å². The van der Waals surface area contributed by atoms with Crippen LogP contribution in [0.1, 0.15) is 38.7 Å². The Kier molecular flexibility index (Phi) is 9.83. The summed E-state index contributed by atoms with van der Waals surface area (Å²) < 4.78 is 25.4. The van der Waals surface area contributed by atoms with Crippen molar-refractivity contribution in [2.45, 2.75) is 50.9 Å². The van der Waals surface area contributed by atoms with E-state index >= 15 is 0 Å². The van der Waals surface area contributed by atoms with Gasteiger partial charge in [-0.15, -0.1) is 12.4 Å². The van der Waals surface area contributed by atoms with Gasteiger partial charge in [0.05, 0.1) is 4.92 Å². The van der Waals surface area contributed by atoms with E-state index in [2.05, 4.69) is 24.1 Å². The molecule has 0 saturated carbocycles. The van der Waals surface area contributed by atoms with E-state index in [0.29, 0.717) is 6.42 Å². The topological polar surface area (TPSA) is 92.5 Å². The Bertz CT molecular complexity index is 721. The van der Waals surface area contributed by atoms with Gasteiger partial charge in [-0.2, -0.15) is 0 Å². The summed E-state index contributed by atoms with van der Waals surface area (Å²) in [4.78, 5) is 12.6. The predicted octanol–water partition coefficient (Wildman–Crippen LogP) is 3.03. The van der Waals surface area contributed by atoms with Gasteiger partial charge in [0.1, 0.15) is 5.37 Å². The third kappa shape index (κ3) is 6.69. The van der Waals surface area contributed by atoms with Crippen molar-refractivity contribution in [2.75, 3.05) is 25.9 Å². The highest BCUT2D eigenvalue weighted by Crippen LogP contribution is 2.28. The quantitative estimate of drug-likeness (QED) is 0.475. The number of hydrogen-bond donors (Lipinski definition) is 1. The first kappa shape index (κ1) is 24.8. The first-order valence-corrected chi connectivity index (χ1v) is 11.6. The van der Waals surface area contributed by atoms with Gasteiger partial charge < -0.3 is 5.32 Å². The van der Waals surface area contributed by atoms with E-state index in [0.717, 1.165) is 44.5 Å². The Morgan fingerprint density at radius 3 is 2.29 bits per heavy atom. The van der Waals surface area contributed by atoms with Gasteiger partial charge in [-0.3, -0.25) is 15.0 Å². The van der Waals surface area contributed by atoms with E-state index in [1.807, 2.05) is 0 Å². The molecule has 28 heavy (non-hydrogen) atoms. The second-order valence-electron chi connectivity index (χ2n) is 7.52. The number of piperidine rings is 1. The molecule has 160 valence electrons. The Morgan fingerprint density at radius 2 is 1.82 bits per heavy atom. The summed E-state index contributed by atoms with van der Waals surface area (Å²) in [5, 5.41) is 13.7. The molecule has 1 saturated heterocycles. The van der Waals surface area contributed by atoms with Crippen molar-refractivity contribution in [1.82, 2.24) is 10.2 Å². The highest BCUT2D eigenvalue weighted by atomic mass is 35.5. The van der Waals surface area contributed by atoms with Crippen molar-refractivity contribution in [3.8, 4) is 0 Å². The van der Waals surface area contributed by atoms with E-state index in [1.54, 1.807) is 12.1 Å². The monoisotopic (exact) mass is 433 g/mol. The molecule has 0 bridgehead atoms. The van der Waals surface area contributed by atoms with Crippen LogP contribution in [0.4, 0.5) is 5.69 Å². The van der Waals surface area contributed by atoms with E-state index in [-0.39, 0.29) is 30.1 Å². The minimum absolute atomic E-state index is 0. The van der Waals surface area contributed by atoms with Gasteiger partial charge >= 0.3 is 0 Å². The second kappa shape index (κ2) is 11.1. The number of sulfone groups is 1. The minimum atomic E-state index is -3.23. The lowest BCUT2D eigenvalue weighted by atomic mass is 9.95. The third-order valence-corrected chi connectivity index (χ3v) is 6.81. The summed E-state index contributed by atoms with van der Waals surface area (Å²) in [6.07, 6.45) is 4.61. The van der Waals surface area contributed by atoms with Crippen molar-refractivity contribution < 1.29 is 13.3 Å². The normalized spacial score (nSPS) is 17.7. The minimum Gasteiger partial charge on any atom is -0.317 e. The number of nitro benzene ring substituents is 1. The van der Waals surface area contributed by atoms with E-state index in [1.165, 1.54) is 18.4 Å². The number of halogens is 1. The summed E-state index contributed by atoms with van der Waals surface area (Å²) in [6.45, 7) is 6.54. The molecule has 0 amide bonds. The number of hydrogen-bond acceptors (Lipinski definition) is 6. The lowest BCUT2D eigenvalue weighted by Gasteiger charge is -2.41. The summed E-state index contributed by atoms with van der Waals surface area (Å²) in [5.74, 6) is 0.132. The van der Waals surface area contributed by atoms with Crippen LogP contribution in [0.2, 0.25) is 0 Å². The molecular formula is C19H32ClN3O4S. The van der Waals surface area contributed by atoms with Crippen molar-refractivity contribution in [3.05, 3.63) is 39.9 Å². The van der Waals surface area contributed by atoms with Gasteiger partial charge in [0.2, 0.25) is 0 Å². The summed E-state index contributed by atoms with van der Waals surface area (Å²) in [6, 6.07) is 6.57. The molecule has 1 aromatic carbocycles. The Hall–Kier alpha value is -1.22. The fraction of sp³-hybridized carbons (Fsp3) is 0.684. The molecular weight excluding hydrogens is 402 g/mol. The average molecular weight is 434 g/mol. The molecule has 7 nitrogen and oxygen atoms in total. The molecule has 0 radical (unpaired) electrons. The smallest absolute Gasteiger partial charge is 0.269 e. The van der Waals surface area contributed by atoms with Crippen molar-refractivity contribution >= 4 is 27.9 Å². The molecule has 0 spiro atoms. The maximum absolute atomic E-state index is 12.7. The highest BCUT2D eigenvalue weighted by molar-refractivity contribution is 7.91.